The summed E-state index contributed by atoms with van der Waals surface area (Å²) >= 11 is 5.93. The molecule has 1 aromatic carbocycles. The van der Waals surface area contributed by atoms with Crippen LogP contribution in [0.1, 0.15) is 5.56 Å². The van der Waals surface area contributed by atoms with E-state index in [0.29, 0.717) is 30.4 Å². The zero-order valence-electron chi connectivity index (χ0n) is 12.3. The largest absolute Gasteiger partial charge is 0.383 e. The van der Waals surface area contributed by atoms with E-state index >= 15 is 0 Å². The van der Waals surface area contributed by atoms with Gasteiger partial charge in [-0.15, -0.1) is 0 Å². The van der Waals surface area contributed by atoms with Gasteiger partial charge in [-0.3, -0.25) is 4.98 Å². The summed E-state index contributed by atoms with van der Waals surface area (Å²) in [6, 6.07) is 10.6. The van der Waals surface area contributed by atoms with Crippen LogP contribution >= 0.6 is 11.6 Å². The Hall–Kier alpha value is -2.11. The summed E-state index contributed by atoms with van der Waals surface area (Å²) in [6.07, 6.45) is 3.41. The highest BCUT2D eigenvalue weighted by Gasteiger charge is 2.14. The van der Waals surface area contributed by atoms with Crippen molar-refractivity contribution in [2.75, 3.05) is 25.6 Å². The van der Waals surface area contributed by atoms with Crippen molar-refractivity contribution in [3.8, 4) is 0 Å². The number of halogens is 1. The Morgan fingerprint density at radius 3 is 2.77 bits per heavy atom. The number of nitrogens with zero attached hydrogens (tertiary/aromatic N) is 2. The molecule has 2 aromatic rings. The van der Waals surface area contributed by atoms with E-state index < -0.39 is 0 Å². The fraction of sp³-hybridized carbons (Fsp3) is 0.250. The van der Waals surface area contributed by atoms with E-state index in [0.717, 1.165) is 5.56 Å². The first kappa shape index (κ1) is 16.3. The third-order valence-corrected chi connectivity index (χ3v) is 3.29. The van der Waals surface area contributed by atoms with Crippen molar-refractivity contribution in [1.82, 2.24) is 9.88 Å². The number of nitrogens with one attached hydrogen (secondary N) is 1. The summed E-state index contributed by atoms with van der Waals surface area (Å²) < 4.78 is 5.07. The number of ether oxygens (including phenoxy) is 1. The van der Waals surface area contributed by atoms with Gasteiger partial charge in [0, 0.05) is 43.3 Å². The number of carbonyl (C=O) groups is 1. The molecule has 2 amide bonds. The minimum atomic E-state index is -0.198. The van der Waals surface area contributed by atoms with E-state index in [4.69, 9.17) is 16.3 Å². The van der Waals surface area contributed by atoms with E-state index in [-0.39, 0.29) is 6.03 Å². The van der Waals surface area contributed by atoms with E-state index in [1.165, 1.54) is 0 Å². The molecule has 0 fully saturated rings. The van der Waals surface area contributed by atoms with Crippen molar-refractivity contribution in [2.45, 2.75) is 6.54 Å². The molecule has 0 aliphatic carbocycles. The van der Waals surface area contributed by atoms with Gasteiger partial charge in [-0.2, -0.15) is 0 Å². The number of methoxy groups -OCH3 is 1. The minimum Gasteiger partial charge on any atom is -0.383 e. The topological polar surface area (TPSA) is 54.5 Å². The molecule has 0 aliphatic rings. The van der Waals surface area contributed by atoms with Crippen molar-refractivity contribution in [3.63, 3.8) is 0 Å². The second-order valence-electron chi connectivity index (χ2n) is 4.71. The van der Waals surface area contributed by atoms with Crippen LogP contribution in [0.25, 0.3) is 0 Å². The molecular formula is C16H18ClN3O2. The molecule has 22 heavy (non-hydrogen) atoms. The lowest BCUT2D eigenvalue weighted by atomic mass is 10.2. The Morgan fingerprint density at radius 1 is 1.32 bits per heavy atom. The van der Waals surface area contributed by atoms with Gasteiger partial charge in [0.2, 0.25) is 0 Å². The number of rotatable bonds is 6. The summed E-state index contributed by atoms with van der Waals surface area (Å²) in [7, 11) is 1.61. The number of pyridine rings is 1. The maximum Gasteiger partial charge on any atom is 0.322 e. The minimum absolute atomic E-state index is 0.198. The smallest absolute Gasteiger partial charge is 0.322 e. The maximum atomic E-state index is 12.4. The molecule has 2 rings (SSSR count). The van der Waals surface area contributed by atoms with Crippen molar-refractivity contribution in [1.29, 1.82) is 0 Å². The van der Waals surface area contributed by atoms with Gasteiger partial charge in [-0.1, -0.05) is 17.7 Å². The normalized spacial score (nSPS) is 10.3. The second-order valence-corrected chi connectivity index (χ2v) is 5.15. The number of benzene rings is 1. The summed E-state index contributed by atoms with van der Waals surface area (Å²) in [5.41, 5.74) is 1.67. The van der Waals surface area contributed by atoms with Crippen molar-refractivity contribution < 1.29 is 9.53 Å². The van der Waals surface area contributed by atoms with Crippen LogP contribution < -0.4 is 5.32 Å². The summed E-state index contributed by atoms with van der Waals surface area (Å²) in [5.74, 6) is 0. The zero-order valence-corrected chi connectivity index (χ0v) is 13.1. The molecule has 5 nitrogen and oxygen atoms in total. The first-order valence-corrected chi connectivity index (χ1v) is 7.26. The van der Waals surface area contributed by atoms with Gasteiger partial charge in [0.25, 0.3) is 0 Å². The molecule has 0 unspecified atom stereocenters. The van der Waals surface area contributed by atoms with Crippen LogP contribution in [0.4, 0.5) is 10.5 Å². The first-order valence-electron chi connectivity index (χ1n) is 6.88. The van der Waals surface area contributed by atoms with Crippen LogP contribution in [0, 0.1) is 0 Å². The third-order valence-electron chi connectivity index (χ3n) is 3.05. The standard InChI is InChI=1S/C16H18ClN3O2/c1-22-10-9-20(12-13-5-7-18-8-6-13)16(21)19-15-4-2-3-14(17)11-15/h2-8,11H,9-10,12H2,1H3,(H,19,21). The van der Waals surface area contributed by atoms with Crippen LogP contribution in [0.3, 0.4) is 0 Å². The number of hydrogen-bond donors (Lipinski definition) is 1. The highest BCUT2D eigenvalue weighted by Crippen LogP contribution is 2.16. The molecule has 0 atom stereocenters. The van der Waals surface area contributed by atoms with Crippen molar-refractivity contribution >= 4 is 23.3 Å². The lowest BCUT2D eigenvalue weighted by Gasteiger charge is -2.23. The predicted molar refractivity (Wildman–Crippen MR) is 87.0 cm³/mol. The Balaban J connectivity index is 2.05. The monoisotopic (exact) mass is 319 g/mol. The maximum absolute atomic E-state index is 12.4. The average Bonchev–Trinajstić information content (AvgIpc) is 2.52. The second kappa shape index (κ2) is 8.36. The first-order chi connectivity index (χ1) is 10.7. The van der Waals surface area contributed by atoms with Crippen LogP contribution in [-0.2, 0) is 11.3 Å². The quantitative estimate of drug-likeness (QED) is 0.887. The predicted octanol–water partition coefficient (Wildman–Crippen LogP) is 3.42. The SMILES string of the molecule is COCCN(Cc1ccncc1)C(=O)Nc1cccc(Cl)c1. The Labute approximate surface area is 134 Å². The molecule has 1 N–H and O–H groups in total. The Morgan fingerprint density at radius 2 is 2.09 bits per heavy atom. The average molecular weight is 320 g/mol. The zero-order chi connectivity index (χ0) is 15.8. The summed E-state index contributed by atoms with van der Waals surface area (Å²) in [6.45, 7) is 1.44. The number of aromatic nitrogens is 1. The summed E-state index contributed by atoms with van der Waals surface area (Å²) in [5, 5.41) is 3.42. The molecule has 0 aliphatic heterocycles. The van der Waals surface area contributed by atoms with Crippen LogP contribution in [0.5, 0.6) is 0 Å². The van der Waals surface area contributed by atoms with Gasteiger partial charge in [-0.05, 0) is 35.9 Å². The van der Waals surface area contributed by atoms with E-state index in [1.807, 2.05) is 12.1 Å². The van der Waals surface area contributed by atoms with Gasteiger partial charge < -0.3 is 15.0 Å². The van der Waals surface area contributed by atoms with E-state index in [9.17, 15) is 4.79 Å². The number of urea groups is 1. The molecule has 0 saturated heterocycles. The van der Waals surface area contributed by atoms with Crippen LogP contribution in [0.2, 0.25) is 5.02 Å². The van der Waals surface area contributed by atoms with Crippen molar-refractivity contribution in [2.24, 2.45) is 0 Å². The van der Waals surface area contributed by atoms with Gasteiger partial charge in [-0.25, -0.2) is 4.79 Å². The molecule has 0 saturated carbocycles. The molecule has 1 heterocycles. The van der Waals surface area contributed by atoms with Gasteiger partial charge in [0.15, 0.2) is 0 Å². The molecule has 6 heteroatoms. The number of anilines is 1. The van der Waals surface area contributed by atoms with Crippen molar-refractivity contribution in [3.05, 3.63) is 59.4 Å². The lowest BCUT2D eigenvalue weighted by Crippen LogP contribution is -2.36. The van der Waals surface area contributed by atoms with E-state index in [1.54, 1.807) is 48.7 Å². The van der Waals surface area contributed by atoms with Gasteiger partial charge in [0.1, 0.15) is 0 Å². The lowest BCUT2D eigenvalue weighted by molar-refractivity contribution is 0.153. The highest BCUT2D eigenvalue weighted by atomic mass is 35.5. The number of amides is 2. The Kier molecular flexibility index (Phi) is 6.18. The fourth-order valence-corrected chi connectivity index (χ4v) is 2.12. The van der Waals surface area contributed by atoms with Gasteiger partial charge in [0.05, 0.1) is 6.61 Å². The number of carbonyl (C=O) groups excluding carboxylic acids is 1. The fourth-order valence-electron chi connectivity index (χ4n) is 1.93. The number of hydrogen-bond acceptors (Lipinski definition) is 3. The molecular weight excluding hydrogens is 302 g/mol. The van der Waals surface area contributed by atoms with Crippen LogP contribution in [-0.4, -0.2) is 36.2 Å². The molecule has 0 bridgehead atoms. The Bertz CT molecular complexity index is 607. The molecule has 116 valence electrons. The molecule has 0 radical (unpaired) electrons. The van der Waals surface area contributed by atoms with Crippen LogP contribution in [0.15, 0.2) is 48.8 Å². The molecule has 1 aromatic heterocycles. The van der Waals surface area contributed by atoms with E-state index in [2.05, 4.69) is 10.3 Å². The highest BCUT2D eigenvalue weighted by molar-refractivity contribution is 6.30. The summed E-state index contributed by atoms with van der Waals surface area (Å²) in [4.78, 5) is 18.1. The van der Waals surface area contributed by atoms with Gasteiger partial charge >= 0.3 is 6.03 Å². The molecule has 0 spiro atoms. The third kappa shape index (κ3) is 5.02.